The maximum absolute atomic E-state index is 12.5. The fourth-order valence-corrected chi connectivity index (χ4v) is 3.25. The number of thiazole rings is 1. The largest absolute Gasteiger partial charge is 0.481 e. The maximum Gasteiger partial charge on any atom is 0.303 e. The summed E-state index contributed by atoms with van der Waals surface area (Å²) in [6, 6.07) is 7.30. The number of aliphatic carboxylic acids is 1. The van der Waals surface area contributed by atoms with Crippen molar-refractivity contribution in [3.05, 3.63) is 39.9 Å². The van der Waals surface area contributed by atoms with Crippen LogP contribution < -0.4 is 0 Å². The van der Waals surface area contributed by atoms with E-state index in [1.54, 1.807) is 26.1 Å². The number of carbonyl (C=O) groups is 2. The van der Waals surface area contributed by atoms with Crippen molar-refractivity contribution in [3.8, 4) is 10.6 Å². The second kappa shape index (κ2) is 7.57. The first-order valence-electron chi connectivity index (χ1n) is 7.09. The van der Waals surface area contributed by atoms with Gasteiger partial charge in [-0.25, -0.2) is 4.98 Å². The zero-order valence-electron chi connectivity index (χ0n) is 12.9. The van der Waals surface area contributed by atoms with Crippen LogP contribution in [0.3, 0.4) is 0 Å². The second-order valence-electron chi connectivity index (χ2n) is 5.16. The van der Waals surface area contributed by atoms with Crippen molar-refractivity contribution in [2.24, 2.45) is 0 Å². The Morgan fingerprint density at radius 1 is 1.30 bits per heavy atom. The molecule has 0 saturated heterocycles. The molecule has 0 aliphatic heterocycles. The third-order valence-electron chi connectivity index (χ3n) is 3.31. The summed E-state index contributed by atoms with van der Waals surface area (Å²) >= 11 is 7.21. The van der Waals surface area contributed by atoms with Gasteiger partial charge in [-0.15, -0.1) is 11.3 Å². The summed E-state index contributed by atoms with van der Waals surface area (Å²) in [4.78, 5) is 29.6. The molecule has 1 amide bonds. The number of hydrogen-bond acceptors (Lipinski definition) is 4. The van der Waals surface area contributed by atoms with E-state index in [9.17, 15) is 9.59 Å². The summed E-state index contributed by atoms with van der Waals surface area (Å²) in [5, 5.41) is 10.1. The number of rotatable bonds is 6. The first-order valence-corrected chi connectivity index (χ1v) is 8.28. The Kier molecular flexibility index (Phi) is 5.74. The number of carboxylic acids is 1. The smallest absolute Gasteiger partial charge is 0.303 e. The van der Waals surface area contributed by atoms with Gasteiger partial charge in [0.05, 0.1) is 5.69 Å². The van der Waals surface area contributed by atoms with Gasteiger partial charge in [-0.1, -0.05) is 23.7 Å². The van der Waals surface area contributed by atoms with Gasteiger partial charge >= 0.3 is 5.97 Å². The van der Waals surface area contributed by atoms with Crippen molar-refractivity contribution in [2.45, 2.75) is 19.8 Å². The molecule has 0 aliphatic rings. The number of amides is 1. The summed E-state index contributed by atoms with van der Waals surface area (Å²) < 4.78 is 0. The van der Waals surface area contributed by atoms with Crippen LogP contribution in [0.2, 0.25) is 5.02 Å². The lowest BCUT2D eigenvalue weighted by atomic mass is 10.2. The van der Waals surface area contributed by atoms with Crippen LogP contribution in [0.15, 0.2) is 24.3 Å². The van der Waals surface area contributed by atoms with Crippen molar-refractivity contribution in [1.82, 2.24) is 9.88 Å². The SMILES string of the molecule is Cc1nc(-c2ccc(Cl)cc2)sc1C(=O)N(C)CCCC(=O)O. The van der Waals surface area contributed by atoms with Crippen molar-refractivity contribution in [2.75, 3.05) is 13.6 Å². The number of carbonyl (C=O) groups excluding carboxylic acids is 1. The molecule has 0 unspecified atom stereocenters. The minimum absolute atomic E-state index is 0.0509. The number of nitrogens with zero attached hydrogens (tertiary/aromatic N) is 2. The lowest BCUT2D eigenvalue weighted by Crippen LogP contribution is -2.27. The molecule has 0 atom stereocenters. The molecule has 0 spiro atoms. The highest BCUT2D eigenvalue weighted by Crippen LogP contribution is 2.29. The van der Waals surface area contributed by atoms with E-state index in [2.05, 4.69) is 4.98 Å². The number of benzene rings is 1. The summed E-state index contributed by atoms with van der Waals surface area (Å²) in [6.45, 7) is 2.20. The third kappa shape index (κ3) is 4.53. The van der Waals surface area contributed by atoms with Crippen molar-refractivity contribution >= 4 is 34.8 Å². The zero-order valence-corrected chi connectivity index (χ0v) is 14.4. The lowest BCUT2D eigenvalue weighted by Gasteiger charge is -2.15. The normalized spacial score (nSPS) is 10.6. The van der Waals surface area contributed by atoms with Crippen LogP contribution in [-0.2, 0) is 4.79 Å². The predicted molar refractivity (Wildman–Crippen MR) is 91.1 cm³/mol. The Bertz CT molecular complexity index is 713. The fourth-order valence-electron chi connectivity index (χ4n) is 2.05. The average Bonchev–Trinajstić information content (AvgIpc) is 2.88. The Morgan fingerprint density at radius 2 is 1.96 bits per heavy atom. The molecule has 0 bridgehead atoms. The summed E-state index contributed by atoms with van der Waals surface area (Å²) in [5.74, 6) is -0.990. The molecule has 0 saturated carbocycles. The van der Waals surface area contributed by atoms with Gasteiger partial charge in [0.25, 0.3) is 5.91 Å². The molecule has 2 rings (SSSR count). The van der Waals surface area contributed by atoms with E-state index >= 15 is 0 Å². The Morgan fingerprint density at radius 3 is 2.57 bits per heavy atom. The molecule has 23 heavy (non-hydrogen) atoms. The van der Waals surface area contributed by atoms with Crippen molar-refractivity contribution in [1.29, 1.82) is 0 Å². The quantitative estimate of drug-likeness (QED) is 0.860. The third-order valence-corrected chi connectivity index (χ3v) is 4.76. The summed E-state index contributed by atoms with van der Waals surface area (Å²) in [5.41, 5.74) is 1.59. The molecule has 1 heterocycles. The van der Waals surface area contributed by atoms with Gasteiger partial charge in [-0.2, -0.15) is 0 Å². The van der Waals surface area contributed by atoms with Gasteiger partial charge in [-0.05, 0) is 25.5 Å². The minimum Gasteiger partial charge on any atom is -0.481 e. The monoisotopic (exact) mass is 352 g/mol. The van der Waals surface area contributed by atoms with E-state index in [-0.39, 0.29) is 12.3 Å². The lowest BCUT2D eigenvalue weighted by molar-refractivity contribution is -0.137. The van der Waals surface area contributed by atoms with Crippen molar-refractivity contribution in [3.63, 3.8) is 0 Å². The number of aryl methyl sites for hydroxylation is 1. The van der Waals surface area contributed by atoms with Crippen LogP contribution in [0.4, 0.5) is 0 Å². The molecule has 122 valence electrons. The van der Waals surface area contributed by atoms with Crippen molar-refractivity contribution < 1.29 is 14.7 Å². The minimum atomic E-state index is -0.857. The van der Waals surface area contributed by atoms with Gasteiger partial charge in [0.15, 0.2) is 0 Å². The highest BCUT2D eigenvalue weighted by atomic mass is 35.5. The van der Waals surface area contributed by atoms with E-state index < -0.39 is 5.97 Å². The van der Waals surface area contributed by atoms with Gasteiger partial charge in [0.1, 0.15) is 9.88 Å². The van der Waals surface area contributed by atoms with Crippen LogP contribution in [0.25, 0.3) is 10.6 Å². The Balaban J connectivity index is 2.12. The molecule has 1 aromatic carbocycles. The molecule has 1 N–H and O–H groups in total. The number of halogens is 1. The molecular weight excluding hydrogens is 336 g/mol. The molecule has 1 aromatic heterocycles. The van der Waals surface area contributed by atoms with Crippen LogP contribution in [0, 0.1) is 6.92 Å². The number of carboxylic acid groups (broad SMARTS) is 1. The van der Waals surface area contributed by atoms with Gasteiger partial charge in [0.2, 0.25) is 0 Å². The number of aromatic nitrogens is 1. The Hall–Kier alpha value is -1.92. The topological polar surface area (TPSA) is 70.5 Å². The van der Waals surface area contributed by atoms with E-state index in [0.29, 0.717) is 28.6 Å². The highest BCUT2D eigenvalue weighted by molar-refractivity contribution is 7.17. The molecule has 0 radical (unpaired) electrons. The second-order valence-corrected chi connectivity index (χ2v) is 6.60. The maximum atomic E-state index is 12.5. The molecule has 7 heteroatoms. The van der Waals surface area contributed by atoms with Crippen LogP contribution in [-0.4, -0.2) is 40.5 Å². The summed E-state index contributed by atoms with van der Waals surface area (Å²) in [6.07, 6.45) is 0.481. The van der Waals surface area contributed by atoms with Crippen LogP contribution in [0.1, 0.15) is 28.2 Å². The molecule has 5 nitrogen and oxygen atoms in total. The van der Waals surface area contributed by atoms with Crippen LogP contribution >= 0.6 is 22.9 Å². The number of hydrogen-bond donors (Lipinski definition) is 1. The first kappa shape index (κ1) is 17.4. The van der Waals surface area contributed by atoms with E-state index in [0.717, 1.165) is 10.6 Å². The molecule has 2 aromatic rings. The average molecular weight is 353 g/mol. The molecule has 0 aliphatic carbocycles. The van der Waals surface area contributed by atoms with E-state index in [1.165, 1.54) is 16.2 Å². The fraction of sp³-hybridized carbons (Fsp3) is 0.312. The zero-order chi connectivity index (χ0) is 17.0. The van der Waals surface area contributed by atoms with Gasteiger partial charge in [0, 0.05) is 30.6 Å². The van der Waals surface area contributed by atoms with E-state index in [1.807, 2.05) is 12.1 Å². The molecular formula is C16H17ClN2O3S. The van der Waals surface area contributed by atoms with Gasteiger partial charge < -0.3 is 10.0 Å². The standard InChI is InChI=1S/C16H17ClN2O3S/c1-10-14(16(22)19(2)9-3-4-13(20)21)23-15(18-10)11-5-7-12(17)8-6-11/h5-8H,3-4,9H2,1-2H3,(H,20,21). The summed E-state index contributed by atoms with van der Waals surface area (Å²) in [7, 11) is 1.67. The van der Waals surface area contributed by atoms with E-state index in [4.69, 9.17) is 16.7 Å². The predicted octanol–water partition coefficient (Wildman–Crippen LogP) is 3.71. The van der Waals surface area contributed by atoms with Crippen LogP contribution in [0.5, 0.6) is 0 Å². The Labute approximate surface area is 143 Å². The van der Waals surface area contributed by atoms with Gasteiger partial charge in [-0.3, -0.25) is 9.59 Å². The highest BCUT2D eigenvalue weighted by Gasteiger charge is 2.19. The first-order chi connectivity index (χ1) is 10.9. The molecule has 0 fully saturated rings.